The first kappa shape index (κ1) is 15.7. The molecule has 0 bridgehead atoms. The maximum absolute atomic E-state index is 12.1. The van der Waals surface area contributed by atoms with E-state index in [9.17, 15) is 9.59 Å². The largest absolute Gasteiger partial charge is 0.396 e. The number of fused-ring (bicyclic) bond motifs is 1. The smallest absolute Gasteiger partial charge is 0.261 e. The van der Waals surface area contributed by atoms with Gasteiger partial charge in [-0.15, -0.1) is 0 Å². The van der Waals surface area contributed by atoms with Crippen LogP contribution in [0.15, 0.2) is 24.3 Å². The number of hydrogen-bond acceptors (Lipinski definition) is 4. The van der Waals surface area contributed by atoms with Crippen LogP contribution in [0.2, 0.25) is 0 Å². The van der Waals surface area contributed by atoms with E-state index in [1.165, 1.54) is 4.90 Å². The minimum absolute atomic E-state index is 0.0609. The normalized spacial score (nSPS) is 14.7. The number of ether oxygens (including phenoxy) is 1. The second-order valence-corrected chi connectivity index (χ2v) is 6.04. The second kappa shape index (κ2) is 6.37. The summed E-state index contributed by atoms with van der Waals surface area (Å²) in [6, 6.07) is 6.87. The predicted octanol–water partition coefficient (Wildman–Crippen LogP) is 1.71. The van der Waals surface area contributed by atoms with Crippen LogP contribution in [-0.4, -0.2) is 48.2 Å². The standard InChI is InChI=1S/C16H21NO4/c1-16(2,10-18)11-21-9-5-8-17-14(19)12-6-3-4-7-13(12)15(17)20/h3-4,6-7,18H,5,8-11H2,1-2H3. The molecular formula is C16H21NO4. The third-order valence-electron chi connectivity index (χ3n) is 3.47. The zero-order chi connectivity index (χ0) is 15.5. The molecule has 1 aliphatic heterocycles. The number of rotatable bonds is 7. The van der Waals surface area contributed by atoms with Crippen molar-refractivity contribution in [3.05, 3.63) is 35.4 Å². The Morgan fingerprint density at radius 1 is 1.14 bits per heavy atom. The highest BCUT2D eigenvalue weighted by atomic mass is 16.5. The SMILES string of the molecule is CC(C)(CO)COCCCN1C(=O)c2ccccc2C1=O. The van der Waals surface area contributed by atoms with Crippen LogP contribution in [0, 0.1) is 5.41 Å². The lowest BCUT2D eigenvalue weighted by Crippen LogP contribution is -2.31. The minimum atomic E-state index is -0.268. The van der Waals surface area contributed by atoms with Gasteiger partial charge in [0, 0.05) is 18.6 Å². The van der Waals surface area contributed by atoms with Crippen LogP contribution in [0.1, 0.15) is 41.0 Å². The number of aliphatic hydroxyl groups excluding tert-OH is 1. The molecule has 0 radical (unpaired) electrons. The number of amides is 2. The van der Waals surface area contributed by atoms with Crippen LogP contribution in [0.5, 0.6) is 0 Å². The van der Waals surface area contributed by atoms with E-state index in [1.54, 1.807) is 24.3 Å². The molecule has 114 valence electrons. The fourth-order valence-corrected chi connectivity index (χ4v) is 2.16. The number of hydrogen-bond donors (Lipinski definition) is 1. The lowest BCUT2D eigenvalue weighted by Gasteiger charge is -2.21. The third-order valence-corrected chi connectivity index (χ3v) is 3.47. The molecule has 0 saturated carbocycles. The molecule has 0 saturated heterocycles. The molecule has 1 aliphatic rings. The van der Waals surface area contributed by atoms with Gasteiger partial charge in [0.1, 0.15) is 0 Å². The minimum Gasteiger partial charge on any atom is -0.396 e. The number of benzene rings is 1. The Morgan fingerprint density at radius 2 is 1.71 bits per heavy atom. The molecule has 5 nitrogen and oxygen atoms in total. The van der Waals surface area contributed by atoms with Crippen molar-refractivity contribution in [2.75, 3.05) is 26.4 Å². The Hall–Kier alpha value is -1.72. The van der Waals surface area contributed by atoms with E-state index in [-0.39, 0.29) is 23.8 Å². The monoisotopic (exact) mass is 291 g/mol. The maximum Gasteiger partial charge on any atom is 0.261 e. The number of aliphatic hydroxyl groups is 1. The maximum atomic E-state index is 12.1. The van der Waals surface area contributed by atoms with Crippen molar-refractivity contribution in [2.45, 2.75) is 20.3 Å². The van der Waals surface area contributed by atoms with E-state index in [1.807, 2.05) is 13.8 Å². The molecule has 1 aromatic rings. The van der Waals surface area contributed by atoms with E-state index in [0.29, 0.717) is 37.3 Å². The van der Waals surface area contributed by atoms with Gasteiger partial charge in [-0.05, 0) is 18.6 Å². The Morgan fingerprint density at radius 3 is 2.24 bits per heavy atom. The van der Waals surface area contributed by atoms with Crippen LogP contribution in [0.3, 0.4) is 0 Å². The van der Waals surface area contributed by atoms with Crippen molar-refractivity contribution in [1.29, 1.82) is 0 Å². The highest BCUT2D eigenvalue weighted by Crippen LogP contribution is 2.22. The Kier molecular flexibility index (Phi) is 4.75. The van der Waals surface area contributed by atoms with Crippen LogP contribution >= 0.6 is 0 Å². The summed E-state index contributed by atoms with van der Waals surface area (Å²) in [6.07, 6.45) is 0.590. The molecule has 5 heteroatoms. The fraction of sp³-hybridized carbons (Fsp3) is 0.500. The molecule has 1 N–H and O–H groups in total. The quantitative estimate of drug-likeness (QED) is 0.613. The van der Waals surface area contributed by atoms with Crippen molar-refractivity contribution < 1.29 is 19.4 Å². The summed E-state index contributed by atoms with van der Waals surface area (Å²) in [5.74, 6) is -0.461. The molecule has 0 unspecified atom stereocenters. The number of carbonyl (C=O) groups is 2. The molecule has 1 aromatic carbocycles. The summed E-state index contributed by atoms with van der Waals surface area (Å²) in [5.41, 5.74) is 0.685. The van der Waals surface area contributed by atoms with E-state index < -0.39 is 0 Å². The van der Waals surface area contributed by atoms with Crippen LogP contribution in [-0.2, 0) is 4.74 Å². The van der Waals surface area contributed by atoms with Crippen molar-refractivity contribution in [2.24, 2.45) is 5.41 Å². The van der Waals surface area contributed by atoms with Crippen LogP contribution in [0.4, 0.5) is 0 Å². The number of nitrogens with zero attached hydrogens (tertiary/aromatic N) is 1. The molecule has 1 heterocycles. The average Bonchev–Trinajstić information content (AvgIpc) is 2.72. The molecule has 2 rings (SSSR count). The Balaban J connectivity index is 1.81. The average molecular weight is 291 g/mol. The summed E-state index contributed by atoms with van der Waals surface area (Å²) >= 11 is 0. The van der Waals surface area contributed by atoms with Gasteiger partial charge in [0.05, 0.1) is 24.3 Å². The van der Waals surface area contributed by atoms with Gasteiger partial charge in [-0.25, -0.2) is 0 Å². The Bertz CT molecular complexity index is 504. The van der Waals surface area contributed by atoms with E-state index in [0.717, 1.165) is 0 Å². The first-order chi connectivity index (χ1) is 9.96. The first-order valence-corrected chi connectivity index (χ1v) is 7.10. The molecule has 2 amide bonds. The van der Waals surface area contributed by atoms with E-state index >= 15 is 0 Å². The molecule has 0 atom stereocenters. The zero-order valence-corrected chi connectivity index (χ0v) is 12.5. The van der Waals surface area contributed by atoms with Crippen molar-refractivity contribution in [3.8, 4) is 0 Å². The molecule has 0 fully saturated rings. The Labute approximate surface area is 124 Å². The van der Waals surface area contributed by atoms with Gasteiger partial charge in [-0.1, -0.05) is 26.0 Å². The van der Waals surface area contributed by atoms with E-state index in [4.69, 9.17) is 9.84 Å². The van der Waals surface area contributed by atoms with Gasteiger partial charge < -0.3 is 9.84 Å². The topological polar surface area (TPSA) is 66.8 Å². The highest BCUT2D eigenvalue weighted by molar-refractivity contribution is 6.21. The number of carbonyl (C=O) groups excluding carboxylic acids is 2. The van der Waals surface area contributed by atoms with Crippen molar-refractivity contribution in [3.63, 3.8) is 0 Å². The summed E-state index contributed by atoms with van der Waals surface area (Å²) in [7, 11) is 0. The molecular weight excluding hydrogens is 270 g/mol. The molecule has 0 aromatic heterocycles. The second-order valence-electron chi connectivity index (χ2n) is 6.04. The van der Waals surface area contributed by atoms with Gasteiger partial charge >= 0.3 is 0 Å². The van der Waals surface area contributed by atoms with Gasteiger partial charge in [0.25, 0.3) is 11.8 Å². The number of imide groups is 1. The third kappa shape index (κ3) is 3.49. The summed E-state index contributed by atoms with van der Waals surface area (Å²) in [6.45, 7) is 5.15. The summed E-state index contributed by atoms with van der Waals surface area (Å²) in [5, 5.41) is 9.12. The van der Waals surface area contributed by atoms with Gasteiger partial charge in [0.15, 0.2) is 0 Å². The zero-order valence-electron chi connectivity index (χ0n) is 12.5. The van der Waals surface area contributed by atoms with Crippen LogP contribution in [0.25, 0.3) is 0 Å². The van der Waals surface area contributed by atoms with Gasteiger partial charge in [-0.2, -0.15) is 0 Å². The first-order valence-electron chi connectivity index (χ1n) is 7.10. The van der Waals surface area contributed by atoms with Gasteiger partial charge in [0.2, 0.25) is 0 Å². The molecule has 0 spiro atoms. The summed E-state index contributed by atoms with van der Waals surface area (Å²) < 4.78 is 5.49. The lowest BCUT2D eigenvalue weighted by atomic mass is 9.97. The summed E-state index contributed by atoms with van der Waals surface area (Å²) in [4.78, 5) is 25.5. The molecule has 0 aliphatic carbocycles. The van der Waals surface area contributed by atoms with Gasteiger partial charge in [-0.3, -0.25) is 14.5 Å². The van der Waals surface area contributed by atoms with Crippen molar-refractivity contribution >= 4 is 11.8 Å². The van der Waals surface area contributed by atoms with Crippen molar-refractivity contribution in [1.82, 2.24) is 4.90 Å². The fourth-order valence-electron chi connectivity index (χ4n) is 2.16. The lowest BCUT2D eigenvalue weighted by molar-refractivity contribution is 0.0245. The highest BCUT2D eigenvalue weighted by Gasteiger charge is 2.34. The van der Waals surface area contributed by atoms with Crippen LogP contribution < -0.4 is 0 Å². The predicted molar refractivity (Wildman–Crippen MR) is 78.1 cm³/mol. The molecule has 21 heavy (non-hydrogen) atoms. The van der Waals surface area contributed by atoms with E-state index in [2.05, 4.69) is 0 Å².